The fourth-order valence-corrected chi connectivity index (χ4v) is 1.75. The first-order valence-electron chi connectivity index (χ1n) is 5.21. The van der Waals surface area contributed by atoms with E-state index in [0.29, 0.717) is 5.52 Å². The molecule has 2 aromatic rings. The molecule has 0 fully saturated rings. The third-order valence-electron chi connectivity index (χ3n) is 2.42. The molecule has 2 rings (SSSR count). The van der Waals surface area contributed by atoms with E-state index in [-0.39, 0.29) is 5.56 Å². The van der Waals surface area contributed by atoms with Crippen LogP contribution in [0.25, 0.3) is 11.0 Å². The van der Waals surface area contributed by atoms with Crippen molar-refractivity contribution in [2.24, 2.45) is 0 Å². The second kappa shape index (κ2) is 3.84. The summed E-state index contributed by atoms with van der Waals surface area (Å²) in [7, 11) is 0. The number of hydrogen-bond acceptors (Lipinski definition) is 3. The fraction of sp³-hybridized carbons (Fsp3) is 0.500. The Kier molecular flexibility index (Phi) is 2.53. The maximum atomic E-state index is 11.5. The zero-order valence-corrected chi connectivity index (χ0v) is 8.95. The predicted molar refractivity (Wildman–Crippen MR) is 57.8 cm³/mol. The van der Waals surface area contributed by atoms with Crippen LogP contribution in [0.4, 0.5) is 0 Å². The quantitative estimate of drug-likeness (QED) is 0.817. The summed E-state index contributed by atoms with van der Waals surface area (Å²) < 4.78 is 1.86. The van der Waals surface area contributed by atoms with Crippen LogP contribution in [-0.4, -0.2) is 19.7 Å². The Hall–Kier alpha value is -1.65. The smallest absolute Gasteiger partial charge is 0.279 e. The lowest BCUT2D eigenvalue weighted by Crippen LogP contribution is -2.06. The standard InChI is InChI=1S/C10H14N4O/c1-3-5-7-8-9(13-14(7)4-2)10(15)12-6-11-8/h6H,3-5H2,1-2H3,(H,11,12,15). The van der Waals surface area contributed by atoms with E-state index < -0.39 is 0 Å². The number of H-pyrrole nitrogens is 1. The van der Waals surface area contributed by atoms with Crippen molar-refractivity contribution in [2.45, 2.75) is 33.2 Å². The van der Waals surface area contributed by atoms with E-state index in [1.54, 1.807) is 0 Å². The fourth-order valence-electron chi connectivity index (χ4n) is 1.75. The van der Waals surface area contributed by atoms with Crippen LogP contribution >= 0.6 is 0 Å². The number of hydrogen-bond donors (Lipinski definition) is 1. The third-order valence-corrected chi connectivity index (χ3v) is 2.42. The van der Waals surface area contributed by atoms with Gasteiger partial charge in [0.1, 0.15) is 5.52 Å². The highest BCUT2D eigenvalue weighted by Crippen LogP contribution is 2.13. The third kappa shape index (κ3) is 1.54. The highest BCUT2D eigenvalue weighted by Gasteiger charge is 2.12. The van der Waals surface area contributed by atoms with Crippen LogP contribution in [0.1, 0.15) is 26.0 Å². The first-order chi connectivity index (χ1) is 7.27. The van der Waals surface area contributed by atoms with Crippen LogP contribution in [0, 0.1) is 0 Å². The largest absolute Gasteiger partial charge is 0.311 e. The van der Waals surface area contributed by atoms with Gasteiger partial charge in [0.25, 0.3) is 5.56 Å². The van der Waals surface area contributed by atoms with Gasteiger partial charge in [-0.1, -0.05) is 13.3 Å². The van der Waals surface area contributed by atoms with Gasteiger partial charge in [0.15, 0.2) is 5.52 Å². The van der Waals surface area contributed by atoms with Gasteiger partial charge in [0, 0.05) is 6.54 Å². The van der Waals surface area contributed by atoms with E-state index in [4.69, 9.17) is 0 Å². The molecule has 5 heteroatoms. The molecule has 0 saturated carbocycles. The molecule has 0 aliphatic carbocycles. The summed E-state index contributed by atoms with van der Waals surface area (Å²) in [5, 5.41) is 4.26. The molecule has 80 valence electrons. The van der Waals surface area contributed by atoms with Gasteiger partial charge < -0.3 is 4.98 Å². The summed E-state index contributed by atoms with van der Waals surface area (Å²) >= 11 is 0. The van der Waals surface area contributed by atoms with Gasteiger partial charge in [-0.25, -0.2) is 4.98 Å². The van der Waals surface area contributed by atoms with Crippen molar-refractivity contribution < 1.29 is 0 Å². The first-order valence-corrected chi connectivity index (χ1v) is 5.21. The van der Waals surface area contributed by atoms with E-state index >= 15 is 0 Å². The van der Waals surface area contributed by atoms with Crippen LogP contribution in [0.2, 0.25) is 0 Å². The van der Waals surface area contributed by atoms with Crippen molar-refractivity contribution in [3.8, 4) is 0 Å². The van der Waals surface area contributed by atoms with Gasteiger partial charge in [-0.15, -0.1) is 0 Å². The van der Waals surface area contributed by atoms with Gasteiger partial charge in [-0.3, -0.25) is 9.48 Å². The molecule has 0 amide bonds. The summed E-state index contributed by atoms with van der Waals surface area (Å²) in [6.07, 6.45) is 3.36. The zero-order valence-electron chi connectivity index (χ0n) is 8.95. The van der Waals surface area contributed by atoms with Crippen molar-refractivity contribution >= 4 is 11.0 Å². The summed E-state index contributed by atoms with van der Waals surface area (Å²) in [6.45, 7) is 4.89. The molecule has 1 N–H and O–H groups in total. The van der Waals surface area contributed by atoms with Crippen molar-refractivity contribution in [1.82, 2.24) is 19.7 Å². The minimum absolute atomic E-state index is 0.162. The maximum Gasteiger partial charge on any atom is 0.279 e. The molecule has 15 heavy (non-hydrogen) atoms. The van der Waals surface area contributed by atoms with Crippen LogP contribution in [0.15, 0.2) is 11.1 Å². The summed E-state index contributed by atoms with van der Waals surface area (Å²) in [4.78, 5) is 18.2. The molecule has 0 spiro atoms. The van der Waals surface area contributed by atoms with Crippen LogP contribution < -0.4 is 5.56 Å². The Bertz CT molecular complexity index is 526. The van der Waals surface area contributed by atoms with E-state index in [1.807, 2.05) is 11.6 Å². The molecule has 0 saturated heterocycles. The minimum Gasteiger partial charge on any atom is -0.311 e. The Balaban J connectivity index is 2.74. The van der Waals surface area contributed by atoms with Gasteiger partial charge in [0.2, 0.25) is 0 Å². The molecule has 2 aromatic heterocycles. The minimum atomic E-state index is -0.162. The van der Waals surface area contributed by atoms with Gasteiger partial charge >= 0.3 is 0 Å². The number of rotatable bonds is 3. The summed E-state index contributed by atoms with van der Waals surface area (Å²) in [5.41, 5.74) is 2.08. The normalized spacial score (nSPS) is 11.1. The van der Waals surface area contributed by atoms with E-state index in [9.17, 15) is 4.79 Å². The molecule has 0 atom stereocenters. The lowest BCUT2D eigenvalue weighted by atomic mass is 10.2. The highest BCUT2D eigenvalue weighted by atomic mass is 16.1. The van der Waals surface area contributed by atoms with E-state index in [1.165, 1.54) is 6.33 Å². The lowest BCUT2D eigenvalue weighted by Gasteiger charge is -2.01. The lowest BCUT2D eigenvalue weighted by molar-refractivity contribution is 0.622. The molecule has 0 aromatic carbocycles. The van der Waals surface area contributed by atoms with E-state index in [2.05, 4.69) is 22.0 Å². The Morgan fingerprint density at radius 2 is 2.20 bits per heavy atom. The number of aromatic amines is 1. The second-order valence-corrected chi connectivity index (χ2v) is 3.44. The van der Waals surface area contributed by atoms with Crippen LogP contribution in [0.5, 0.6) is 0 Å². The molecular weight excluding hydrogens is 192 g/mol. The molecule has 5 nitrogen and oxygen atoms in total. The molecule has 0 aliphatic heterocycles. The Morgan fingerprint density at radius 1 is 1.40 bits per heavy atom. The topological polar surface area (TPSA) is 63.6 Å². The molecule has 2 heterocycles. The molecular formula is C10H14N4O. The number of fused-ring (bicyclic) bond motifs is 1. The average Bonchev–Trinajstić information content (AvgIpc) is 2.59. The number of aromatic nitrogens is 4. The molecule has 0 aliphatic rings. The van der Waals surface area contributed by atoms with Crippen LogP contribution in [0.3, 0.4) is 0 Å². The number of nitrogens with one attached hydrogen (secondary N) is 1. The first kappa shape index (κ1) is 9.89. The second-order valence-electron chi connectivity index (χ2n) is 3.44. The van der Waals surface area contributed by atoms with Crippen molar-refractivity contribution in [3.63, 3.8) is 0 Å². The predicted octanol–water partition coefficient (Wildman–Crippen LogP) is 1.09. The average molecular weight is 206 g/mol. The van der Waals surface area contributed by atoms with Crippen LogP contribution in [-0.2, 0) is 13.0 Å². The highest BCUT2D eigenvalue weighted by molar-refractivity contribution is 5.75. The van der Waals surface area contributed by atoms with Gasteiger partial charge in [0.05, 0.1) is 12.0 Å². The van der Waals surface area contributed by atoms with Crippen molar-refractivity contribution in [2.75, 3.05) is 0 Å². The van der Waals surface area contributed by atoms with E-state index in [0.717, 1.165) is 30.6 Å². The van der Waals surface area contributed by atoms with Crippen molar-refractivity contribution in [1.29, 1.82) is 0 Å². The Labute approximate surface area is 87.1 Å². The summed E-state index contributed by atoms with van der Waals surface area (Å²) in [5.74, 6) is 0. The maximum absolute atomic E-state index is 11.5. The van der Waals surface area contributed by atoms with Crippen molar-refractivity contribution in [3.05, 3.63) is 22.4 Å². The summed E-state index contributed by atoms with van der Waals surface area (Å²) in [6, 6.07) is 0. The number of aryl methyl sites for hydroxylation is 2. The molecule has 0 unspecified atom stereocenters. The monoisotopic (exact) mass is 206 g/mol. The van der Waals surface area contributed by atoms with Gasteiger partial charge in [-0.2, -0.15) is 5.10 Å². The SMILES string of the molecule is CCCc1c2nc[nH]c(=O)c2nn1CC. The molecule has 0 radical (unpaired) electrons. The molecule has 0 bridgehead atoms. The zero-order chi connectivity index (χ0) is 10.8. The number of nitrogens with zero attached hydrogens (tertiary/aromatic N) is 3. The Morgan fingerprint density at radius 3 is 2.87 bits per heavy atom. The van der Waals surface area contributed by atoms with Gasteiger partial charge in [-0.05, 0) is 13.3 Å².